The lowest BCUT2D eigenvalue weighted by atomic mass is 10.1. The fourth-order valence-electron chi connectivity index (χ4n) is 2.01. The summed E-state index contributed by atoms with van der Waals surface area (Å²) in [5.41, 5.74) is 2.67. The van der Waals surface area contributed by atoms with Crippen LogP contribution in [-0.2, 0) is 0 Å². The molecule has 1 aromatic heterocycles. The molecule has 3 rings (SSSR count). The van der Waals surface area contributed by atoms with Crippen molar-refractivity contribution in [3.63, 3.8) is 0 Å². The Morgan fingerprint density at radius 2 is 1.20 bits per heavy atom. The smallest absolute Gasteiger partial charge is 0.0355 e. The number of aryl methyl sites for hydroxylation is 2. The minimum Gasteiger partial charge on any atom is -0.135 e. The topological polar surface area (TPSA) is 0 Å². The molecule has 1 heterocycles. The van der Waals surface area contributed by atoms with Crippen molar-refractivity contribution >= 4 is 31.5 Å². The summed E-state index contributed by atoms with van der Waals surface area (Å²) in [6.07, 6.45) is 0. The van der Waals surface area contributed by atoms with Crippen molar-refractivity contribution in [2.45, 2.75) is 13.8 Å². The van der Waals surface area contributed by atoms with E-state index in [1.54, 1.807) is 0 Å². The zero-order valence-electron chi connectivity index (χ0n) is 8.87. The van der Waals surface area contributed by atoms with E-state index in [2.05, 4.69) is 50.2 Å². The van der Waals surface area contributed by atoms with Crippen LogP contribution in [0.3, 0.4) is 0 Å². The molecule has 0 nitrogen and oxygen atoms in total. The Labute approximate surface area is 93.2 Å². The van der Waals surface area contributed by atoms with Gasteiger partial charge in [0.05, 0.1) is 0 Å². The summed E-state index contributed by atoms with van der Waals surface area (Å²) in [6, 6.07) is 13.4. The molecule has 0 bridgehead atoms. The molecule has 0 spiro atoms. The minimum absolute atomic E-state index is 1.34. The number of fused-ring (bicyclic) bond motifs is 3. The van der Waals surface area contributed by atoms with Crippen LogP contribution in [0.4, 0.5) is 0 Å². The van der Waals surface area contributed by atoms with E-state index in [0.29, 0.717) is 0 Å². The lowest BCUT2D eigenvalue weighted by Gasteiger charge is -1.95. The second-order valence-electron chi connectivity index (χ2n) is 4.10. The lowest BCUT2D eigenvalue weighted by molar-refractivity contribution is 1.51. The van der Waals surface area contributed by atoms with E-state index in [1.807, 2.05) is 11.3 Å². The number of rotatable bonds is 0. The maximum atomic E-state index is 2.29. The third-order valence-corrected chi connectivity index (χ3v) is 3.93. The summed E-state index contributed by atoms with van der Waals surface area (Å²) < 4.78 is 2.78. The van der Waals surface area contributed by atoms with Crippen molar-refractivity contribution in [1.82, 2.24) is 0 Å². The van der Waals surface area contributed by atoms with Gasteiger partial charge in [-0.25, -0.2) is 0 Å². The SMILES string of the molecule is Cc1ccc2sc3ccc(C)cc3c2c1. The highest BCUT2D eigenvalue weighted by atomic mass is 32.1. The van der Waals surface area contributed by atoms with E-state index < -0.39 is 0 Å². The number of thiophene rings is 1. The fraction of sp³-hybridized carbons (Fsp3) is 0.143. The molecule has 0 saturated carbocycles. The summed E-state index contributed by atoms with van der Waals surface area (Å²) in [6.45, 7) is 4.30. The summed E-state index contributed by atoms with van der Waals surface area (Å²) in [7, 11) is 0. The molecule has 2 aromatic carbocycles. The molecule has 0 fully saturated rings. The van der Waals surface area contributed by atoms with Crippen molar-refractivity contribution in [2.24, 2.45) is 0 Å². The molecule has 0 aliphatic carbocycles. The van der Waals surface area contributed by atoms with Gasteiger partial charge < -0.3 is 0 Å². The lowest BCUT2D eigenvalue weighted by Crippen LogP contribution is -1.72. The molecule has 15 heavy (non-hydrogen) atoms. The van der Waals surface area contributed by atoms with Gasteiger partial charge in [0.15, 0.2) is 0 Å². The molecule has 0 amide bonds. The van der Waals surface area contributed by atoms with Gasteiger partial charge in [-0.15, -0.1) is 11.3 Å². The van der Waals surface area contributed by atoms with E-state index in [4.69, 9.17) is 0 Å². The van der Waals surface area contributed by atoms with Gasteiger partial charge in [0.1, 0.15) is 0 Å². The molecule has 0 unspecified atom stereocenters. The maximum absolute atomic E-state index is 2.29. The van der Waals surface area contributed by atoms with Gasteiger partial charge in [-0.1, -0.05) is 23.3 Å². The quantitative estimate of drug-likeness (QED) is 0.508. The molecular weight excluding hydrogens is 200 g/mol. The molecule has 3 aromatic rings. The summed E-state index contributed by atoms with van der Waals surface area (Å²) in [5.74, 6) is 0. The predicted molar refractivity (Wildman–Crippen MR) is 68.8 cm³/mol. The Morgan fingerprint density at radius 3 is 1.67 bits per heavy atom. The van der Waals surface area contributed by atoms with Crippen LogP contribution in [0.2, 0.25) is 0 Å². The van der Waals surface area contributed by atoms with E-state index in [1.165, 1.54) is 31.3 Å². The third kappa shape index (κ3) is 1.35. The van der Waals surface area contributed by atoms with E-state index in [9.17, 15) is 0 Å². The predicted octanol–water partition coefficient (Wildman–Crippen LogP) is 4.67. The number of hydrogen-bond acceptors (Lipinski definition) is 1. The van der Waals surface area contributed by atoms with Gasteiger partial charge in [0, 0.05) is 20.2 Å². The van der Waals surface area contributed by atoms with Gasteiger partial charge in [0.25, 0.3) is 0 Å². The molecule has 0 aliphatic heterocycles. The first-order valence-electron chi connectivity index (χ1n) is 5.13. The first-order chi connectivity index (χ1) is 7.24. The molecule has 74 valence electrons. The summed E-state index contributed by atoms with van der Waals surface area (Å²) >= 11 is 1.88. The average molecular weight is 212 g/mol. The Morgan fingerprint density at radius 1 is 0.733 bits per heavy atom. The molecule has 1 heteroatoms. The summed E-state index contributed by atoms with van der Waals surface area (Å²) in [5, 5.41) is 2.80. The maximum Gasteiger partial charge on any atom is 0.0355 e. The highest BCUT2D eigenvalue weighted by molar-refractivity contribution is 7.25. The molecule has 0 N–H and O–H groups in total. The normalized spacial score (nSPS) is 11.3. The van der Waals surface area contributed by atoms with Crippen LogP contribution in [0.5, 0.6) is 0 Å². The molecule has 0 saturated heterocycles. The molecule has 0 radical (unpaired) electrons. The summed E-state index contributed by atoms with van der Waals surface area (Å²) in [4.78, 5) is 0. The second-order valence-corrected chi connectivity index (χ2v) is 5.19. The van der Waals surface area contributed by atoms with Crippen molar-refractivity contribution in [2.75, 3.05) is 0 Å². The standard InChI is InChI=1S/C14H12S/c1-9-3-5-13-11(7-9)12-8-10(2)4-6-14(12)15-13/h3-8H,1-2H3. The monoisotopic (exact) mass is 212 g/mol. The molecule has 0 atom stereocenters. The largest absolute Gasteiger partial charge is 0.135 e. The number of hydrogen-bond donors (Lipinski definition) is 0. The number of benzene rings is 2. The van der Waals surface area contributed by atoms with Gasteiger partial charge in [-0.3, -0.25) is 0 Å². The average Bonchev–Trinajstić information content (AvgIpc) is 2.56. The Hall–Kier alpha value is -1.34. The minimum atomic E-state index is 1.34. The van der Waals surface area contributed by atoms with Crippen molar-refractivity contribution < 1.29 is 0 Å². The van der Waals surface area contributed by atoms with Crippen molar-refractivity contribution in [1.29, 1.82) is 0 Å². The van der Waals surface area contributed by atoms with Gasteiger partial charge in [-0.05, 0) is 38.1 Å². The highest BCUT2D eigenvalue weighted by Gasteiger charge is 2.04. The van der Waals surface area contributed by atoms with Crippen LogP contribution in [0, 0.1) is 13.8 Å². The van der Waals surface area contributed by atoms with E-state index >= 15 is 0 Å². The highest BCUT2D eigenvalue weighted by Crippen LogP contribution is 2.34. The van der Waals surface area contributed by atoms with Gasteiger partial charge in [0.2, 0.25) is 0 Å². The third-order valence-electron chi connectivity index (χ3n) is 2.78. The first kappa shape index (κ1) is 8.93. The van der Waals surface area contributed by atoms with Gasteiger partial charge >= 0.3 is 0 Å². The Kier molecular flexibility index (Phi) is 1.83. The first-order valence-corrected chi connectivity index (χ1v) is 5.95. The Balaban J connectivity index is 2.55. The van der Waals surface area contributed by atoms with Crippen LogP contribution >= 0.6 is 11.3 Å². The van der Waals surface area contributed by atoms with Crippen LogP contribution in [0.15, 0.2) is 36.4 Å². The zero-order valence-corrected chi connectivity index (χ0v) is 9.69. The van der Waals surface area contributed by atoms with Crippen LogP contribution in [0.25, 0.3) is 20.2 Å². The second kappa shape index (κ2) is 3.07. The fourth-order valence-corrected chi connectivity index (χ4v) is 3.07. The Bertz CT molecular complexity index is 591. The van der Waals surface area contributed by atoms with E-state index in [-0.39, 0.29) is 0 Å². The molecule has 0 aliphatic rings. The van der Waals surface area contributed by atoms with Crippen LogP contribution in [-0.4, -0.2) is 0 Å². The van der Waals surface area contributed by atoms with E-state index in [0.717, 1.165) is 0 Å². The van der Waals surface area contributed by atoms with Crippen LogP contribution in [0.1, 0.15) is 11.1 Å². The zero-order chi connectivity index (χ0) is 10.4. The molecular formula is C14H12S. The van der Waals surface area contributed by atoms with Gasteiger partial charge in [-0.2, -0.15) is 0 Å². The van der Waals surface area contributed by atoms with Crippen molar-refractivity contribution in [3.05, 3.63) is 47.5 Å². The van der Waals surface area contributed by atoms with Crippen molar-refractivity contribution in [3.8, 4) is 0 Å². The van der Waals surface area contributed by atoms with Crippen LogP contribution < -0.4 is 0 Å².